The van der Waals surface area contributed by atoms with E-state index in [0.717, 1.165) is 29.4 Å². The molecule has 154 valence electrons. The summed E-state index contributed by atoms with van der Waals surface area (Å²) in [5.74, 6) is 0.854. The standard InChI is InChI=1S/C22H20F2N4O2/c23-21(24)30-16-7-5-14(6-8-16)13-28-18-9-10-27(19(18)11-20(28)29)22-25-12-15-3-1-2-4-17(15)26-22/h1-8,12,18-19,21H,9-11,13H2/t18-,19-/m0/s1. The molecule has 2 fully saturated rings. The molecule has 8 heteroatoms. The van der Waals surface area contributed by atoms with Crippen LogP contribution in [0.4, 0.5) is 14.7 Å². The lowest BCUT2D eigenvalue weighted by molar-refractivity contribution is -0.129. The normalized spacial score (nSPS) is 21.0. The number of hydrogen-bond acceptors (Lipinski definition) is 5. The van der Waals surface area contributed by atoms with E-state index in [0.29, 0.717) is 18.9 Å². The molecule has 3 heterocycles. The molecule has 0 bridgehead atoms. The van der Waals surface area contributed by atoms with Gasteiger partial charge in [0.05, 0.1) is 17.6 Å². The van der Waals surface area contributed by atoms with Crippen molar-refractivity contribution in [3.63, 3.8) is 0 Å². The van der Waals surface area contributed by atoms with Crippen molar-refractivity contribution >= 4 is 22.8 Å². The highest BCUT2D eigenvalue weighted by Gasteiger charge is 2.47. The minimum Gasteiger partial charge on any atom is -0.435 e. The molecule has 0 N–H and O–H groups in total. The molecule has 6 nitrogen and oxygen atoms in total. The molecule has 1 aromatic heterocycles. The summed E-state index contributed by atoms with van der Waals surface area (Å²) < 4.78 is 29.0. The van der Waals surface area contributed by atoms with Gasteiger partial charge in [0.25, 0.3) is 0 Å². The molecular weight excluding hydrogens is 390 g/mol. The number of hydrogen-bond donors (Lipinski definition) is 0. The van der Waals surface area contributed by atoms with Gasteiger partial charge in [-0.3, -0.25) is 4.79 Å². The number of amides is 1. The molecule has 2 saturated heterocycles. The molecule has 1 amide bonds. The van der Waals surface area contributed by atoms with Gasteiger partial charge in [0.1, 0.15) is 5.75 Å². The zero-order valence-corrected chi connectivity index (χ0v) is 16.1. The van der Waals surface area contributed by atoms with Crippen molar-refractivity contribution in [3.8, 4) is 5.75 Å². The van der Waals surface area contributed by atoms with E-state index in [2.05, 4.69) is 14.6 Å². The van der Waals surface area contributed by atoms with Crippen molar-refractivity contribution in [1.82, 2.24) is 14.9 Å². The van der Waals surface area contributed by atoms with Crippen molar-refractivity contribution in [2.24, 2.45) is 0 Å². The highest BCUT2D eigenvalue weighted by molar-refractivity contribution is 5.82. The molecule has 0 spiro atoms. The van der Waals surface area contributed by atoms with Gasteiger partial charge < -0.3 is 14.5 Å². The molecule has 0 unspecified atom stereocenters. The van der Waals surface area contributed by atoms with Crippen molar-refractivity contribution in [3.05, 3.63) is 60.3 Å². The second-order valence-corrected chi connectivity index (χ2v) is 7.59. The van der Waals surface area contributed by atoms with Crippen LogP contribution in [-0.4, -0.2) is 46.0 Å². The fraction of sp³-hybridized carbons (Fsp3) is 0.318. The number of alkyl halides is 2. The number of ether oxygens (including phenoxy) is 1. The second-order valence-electron chi connectivity index (χ2n) is 7.59. The molecular formula is C22H20F2N4O2. The molecule has 30 heavy (non-hydrogen) atoms. The molecule has 2 aliphatic rings. The van der Waals surface area contributed by atoms with E-state index in [9.17, 15) is 13.6 Å². The summed E-state index contributed by atoms with van der Waals surface area (Å²) in [6.07, 6.45) is 3.09. The minimum atomic E-state index is -2.85. The molecule has 5 rings (SSSR count). The number of anilines is 1. The average Bonchev–Trinajstić information content (AvgIpc) is 3.28. The number of aromatic nitrogens is 2. The van der Waals surface area contributed by atoms with Crippen molar-refractivity contribution in [2.45, 2.75) is 38.1 Å². The Morgan fingerprint density at radius 3 is 2.70 bits per heavy atom. The zero-order chi connectivity index (χ0) is 20.7. The Morgan fingerprint density at radius 1 is 1.10 bits per heavy atom. The molecule has 0 saturated carbocycles. The van der Waals surface area contributed by atoms with E-state index in [4.69, 9.17) is 4.98 Å². The third-order valence-corrected chi connectivity index (χ3v) is 5.85. The van der Waals surface area contributed by atoms with E-state index >= 15 is 0 Å². The van der Waals surface area contributed by atoms with Crippen LogP contribution in [0, 0.1) is 0 Å². The smallest absolute Gasteiger partial charge is 0.387 e. The van der Waals surface area contributed by atoms with E-state index in [1.165, 1.54) is 12.1 Å². The average molecular weight is 410 g/mol. The largest absolute Gasteiger partial charge is 0.435 e. The lowest BCUT2D eigenvalue weighted by Gasteiger charge is -2.25. The van der Waals surface area contributed by atoms with Crippen LogP contribution < -0.4 is 9.64 Å². The van der Waals surface area contributed by atoms with Crippen LogP contribution in [0.3, 0.4) is 0 Å². The fourth-order valence-electron chi connectivity index (χ4n) is 4.46. The van der Waals surface area contributed by atoms with Gasteiger partial charge in [-0.2, -0.15) is 8.78 Å². The first-order valence-corrected chi connectivity index (χ1v) is 9.90. The molecule has 2 aromatic carbocycles. The van der Waals surface area contributed by atoms with Crippen LogP contribution >= 0.6 is 0 Å². The number of fused-ring (bicyclic) bond motifs is 2. The number of rotatable bonds is 5. The van der Waals surface area contributed by atoms with Crippen LogP contribution in [0.1, 0.15) is 18.4 Å². The summed E-state index contributed by atoms with van der Waals surface area (Å²) in [6, 6.07) is 14.4. The topological polar surface area (TPSA) is 58.6 Å². The lowest BCUT2D eigenvalue weighted by atomic mass is 10.1. The number of carbonyl (C=O) groups excluding carboxylic acids is 1. The Hall–Kier alpha value is -3.29. The highest BCUT2D eigenvalue weighted by atomic mass is 19.3. The van der Waals surface area contributed by atoms with Crippen molar-refractivity contribution in [2.75, 3.05) is 11.4 Å². The summed E-state index contributed by atoms with van der Waals surface area (Å²) in [5, 5.41) is 0.986. The van der Waals surface area contributed by atoms with Gasteiger partial charge in [0, 0.05) is 31.1 Å². The first kappa shape index (κ1) is 18.7. The molecule has 0 radical (unpaired) electrons. The van der Waals surface area contributed by atoms with Crippen LogP contribution in [0.25, 0.3) is 10.9 Å². The van der Waals surface area contributed by atoms with Gasteiger partial charge in [-0.15, -0.1) is 0 Å². The number of benzene rings is 2. The third-order valence-electron chi connectivity index (χ3n) is 5.85. The Kier molecular flexibility index (Phi) is 4.69. The lowest BCUT2D eigenvalue weighted by Crippen LogP contribution is -2.37. The van der Waals surface area contributed by atoms with Gasteiger partial charge in [0.2, 0.25) is 11.9 Å². The molecule has 2 atom stereocenters. The maximum absolute atomic E-state index is 12.7. The summed E-state index contributed by atoms with van der Waals surface area (Å²) in [5.41, 5.74) is 1.77. The van der Waals surface area contributed by atoms with Gasteiger partial charge in [-0.1, -0.05) is 30.3 Å². The predicted molar refractivity (Wildman–Crippen MR) is 107 cm³/mol. The summed E-state index contributed by atoms with van der Waals surface area (Å²) >= 11 is 0. The first-order chi connectivity index (χ1) is 14.6. The van der Waals surface area contributed by atoms with E-state index in [1.54, 1.807) is 12.1 Å². The summed E-state index contributed by atoms with van der Waals surface area (Å²) in [6.45, 7) is -1.61. The highest BCUT2D eigenvalue weighted by Crippen LogP contribution is 2.35. The number of para-hydroxylation sites is 1. The SMILES string of the molecule is O=C1C[C@H]2[C@H](CCN2c2ncc3ccccc3n2)N1Cc1ccc(OC(F)F)cc1. The van der Waals surface area contributed by atoms with Crippen LogP contribution in [0.15, 0.2) is 54.7 Å². The maximum atomic E-state index is 12.7. The molecule has 0 aliphatic carbocycles. The van der Waals surface area contributed by atoms with Crippen LogP contribution in [-0.2, 0) is 11.3 Å². The molecule has 3 aromatic rings. The maximum Gasteiger partial charge on any atom is 0.387 e. The number of halogens is 2. The van der Waals surface area contributed by atoms with Gasteiger partial charge >= 0.3 is 6.61 Å². The van der Waals surface area contributed by atoms with Gasteiger partial charge in [-0.05, 0) is 30.2 Å². The number of likely N-dealkylation sites (tertiary alicyclic amines) is 1. The zero-order valence-electron chi connectivity index (χ0n) is 16.1. The Labute approximate surface area is 172 Å². The first-order valence-electron chi connectivity index (χ1n) is 9.90. The van der Waals surface area contributed by atoms with Crippen molar-refractivity contribution in [1.29, 1.82) is 0 Å². The van der Waals surface area contributed by atoms with Gasteiger partial charge in [-0.25, -0.2) is 9.97 Å². The van der Waals surface area contributed by atoms with E-state index < -0.39 is 6.61 Å². The van der Waals surface area contributed by atoms with Crippen LogP contribution in [0.2, 0.25) is 0 Å². The van der Waals surface area contributed by atoms with Gasteiger partial charge in [0.15, 0.2) is 0 Å². The quantitative estimate of drug-likeness (QED) is 0.643. The second kappa shape index (κ2) is 7.51. The third kappa shape index (κ3) is 3.42. The summed E-state index contributed by atoms with van der Waals surface area (Å²) in [7, 11) is 0. The minimum absolute atomic E-state index is 0.0418. The molecule has 2 aliphatic heterocycles. The van der Waals surface area contributed by atoms with Crippen molar-refractivity contribution < 1.29 is 18.3 Å². The number of nitrogens with zero attached hydrogens (tertiary/aromatic N) is 4. The Balaban J connectivity index is 1.32. The Morgan fingerprint density at radius 2 is 1.90 bits per heavy atom. The van der Waals surface area contributed by atoms with E-state index in [1.807, 2.05) is 35.4 Å². The van der Waals surface area contributed by atoms with Crippen LogP contribution in [0.5, 0.6) is 5.75 Å². The summed E-state index contributed by atoms with van der Waals surface area (Å²) in [4.78, 5) is 26.0. The number of carbonyl (C=O) groups is 1. The Bertz CT molecular complexity index is 1080. The monoisotopic (exact) mass is 410 g/mol. The predicted octanol–water partition coefficient (Wildman–Crippen LogP) is 3.61. The van der Waals surface area contributed by atoms with E-state index in [-0.39, 0.29) is 23.7 Å². The fourth-order valence-corrected chi connectivity index (χ4v) is 4.46.